The summed E-state index contributed by atoms with van der Waals surface area (Å²) in [4.78, 5) is 12.0. The Morgan fingerprint density at radius 1 is 1.06 bits per heavy atom. The van der Waals surface area contributed by atoms with Crippen LogP contribution >= 0.6 is 50.7 Å². The maximum Gasteiger partial charge on any atom is 0.339 e. The van der Waals surface area contributed by atoms with Crippen LogP contribution in [0.15, 0.2) is 64.2 Å². The van der Waals surface area contributed by atoms with Crippen LogP contribution in [0.25, 0.3) is 0 Å². The van der Waals surface area contributed by atoms with Crippen molar-refractivity contribution in [3.8, 4) is 5.75 Å². The lowest BCUT2D eigenvalue weighted by Gasteiger charge is -2.11. The lowest BCUT2D eigenvalue weighted by Crippen LogP contribution is -2.24. The molecule has 0 aliphatic heterocycles. The Morgan fingerprint density at radius 2 is 1.84 bits per heavy atom. The molecule has 2 N–H and O–H groups in total. The molecule has 0 unspecified atom stereocenters. The van der Waals surface area contributed by atoms with Crippen LogP contribution in [0.3, 0.4) is 0 Å². The van der Waals surface area contributed by atoms with Crippen LogP contribution in [0.5, 0.6) is 5.75 Å². The van der Waals surface area contributed by atoms with E-state index in [0.717, 1.165) is 11.1 Å². The highest BCUT2D eigenvalue weighted by molar-refractivity contribution is 9.10. The SMILES string of the molecule is Cc1ccccc1NC(=O)NN=Cc1cc(Cl)c(OCc2ccc(Cl)c(Cl)c2)c(Br)c1. The van der Waals surface area contributed by atoms with E-state index in [2.05, 4.69) is 31.8 Å². The number of hydrogen-bond acceptors (Lipinski definition) is 3. The Labute approximate surface area is 203 Å². The number of para-hydroxylation sites is 1. The van der Waals surface area contributed by atoms with E-state index in [1.807, 2.05) is 37.3 Å². The highest BCUT2D eigenvalue weighted by atomic mass is 79.9. The van der Waals surface area contributed by atoms with Crippen molar-refractivity contribution in [1.82, 2.24) is 5.43 Å². The second kappa shape index (κ2) is 10.9. The number of ether oxygens (including phenoxy) is 1. The molecular formula is C22H17BrCl3N3O2. The topological polar surface area (TPSA) is 62.7 Å². The van der Waals surface area contributed by atoms with Gasteiger partial charge in [-0.15, -0.1) is 0 Å². The van der Waals surface area contributed by atoms with Gasteiger partial charge in [-0.25, -0.2) is 10.2 Å². The number of nitrogens with one attached hydrogen (secondary N) is 2. The van der Waals surface area contributed by atoms with Gasteiger partial charge in [0.25, 0.3) is 0 Å². The molecule has 0 aliphatic carbocycles. The normalized spacial score (nSPS) is 10.9. The fourth-order valence-corrected chi connectivity index (χ4v) is 3.92. The molecule has 0 saturated heterocycles. The summed E-state index contributed by atoms with van der Waals surface area (Å²) in [7, 11) is 0. The standard InChI is InChI=1S/C22H17BrCl3N3O2/c1-13-4-2-3-5-20(13)28-22(30)29-27-11-15-8-16(23)21(19(26)10-15)31-12-14-6-7-17(24)18(25)9-14/h2-11H,12H2,1H3,(H2,28,29,30). The molecule has 2 amide bonds. The van der Waals surface area contributed by atoms with Gasteiger partial charge in [0.05, 0.1) is 25.8 Å². The molecule has 3 aromatic carbocycles. The van der Waals surface area contributed by atoms with Crippen molar-refractivity contribution in [3.05, 3.63) is 90.8 Å². The summed E-state index contributed by atoms with van der Waals surface area (Å²) in [6.45, 7) is 2.17. The summed E-state index contributed by atoms with van der Waals surface area (Å²) in [5.41, 5.74) is 5.62. The second-order valence-electron chi connectivity index (χ2n) is 6.49. The van der Waals surface area contributed by atoms with E-state index in [1.165, 1.54) is 6.21 Å². The Balaban J connectivity index is 1.60. The second-order valence-corrected chi connectivity index (χ2v) is 8.57. The van der Waals surface area contributed by atoms with Gasteiger partial charge in [0, 0.05) is 5.69 Å². The number of nitrogens with zero attached hydrogens (tertiary/aromatic N) is 1. The molecule has 0 radical (unpaired) electrons. The maximum absolute atomic E-state index is 12.0. The molecule has 0 heterocycles. The van der Waals surface area contributed by atoms with Crippen LogP contribution in [0.4, 0.5) is 10.5 Å². The number of benzene rings is 3. The average Bonchev–Trinajstić information content (AvgIpc) is 2.72. The maximum atomic E-state index is 12.0. The first-order valence-electron chi connectivity index (χ1n) is 9.05. The van der Waals surface area contributed by atoms with E-state index in [1.54, 1.807) is 24.3 Å². The van der Waals surface area contributed by atoms with Gasteiger partial charge in [-0.05, 0) is 69.9 Å². The molecule has 0 spiro atoms. The minimum absolute atomic E-state index is 0.267. The predicted octanol–water partition coefficient (Wildman–Crippen LogP) is 7.45. The first kappa shape index (κ1) is 23.4. The van der Waals surface area contributed by atoms with Crippen LogP contribution in [-0.2, 0) is 6.61 Å². The molecule has 160 valence electrons. The fraction of sp³-hybridized carbons (Fsp3) is 0.0909. The number of urea groups is 1. The summed E-state index contributed by atoms with van der Waals surface area (Å²) >= 11 is 21.8. The molecular weight excluding hydrogens is 525 g/mol. The van der Waals surface area contributed by atoms with Gasteiger partial charge < -0.3 is 10.1 Å². The number of rotatable bonds is 6. The average molecular weight is 542 g/mol. The Morgan fingerprint density at radius 3 is 2.55 bits per heavy atom. The molecule has 0 atom stereocenters. The molecule has 3 aromatic rings. The van der Waals surface area contributed by atoms with Crippen molar-refractivity contribution in [2.75, 3.05) is 5.32 Å². The lowest BCUT2D eigenvalue weighted by atomic mass is 10.2. The highest BCUT2D eigenvalue weighted by Gasteiger charge is 2.10. The molecule has 0 fully saturated rings. The number of anilines is 1. The number of carbonyl (C=O) groups excluding carboxylic acids is 1. The number of amides is 2. The van der Waals surface area contributed by atoms with Crippen molar-refractivity contribution in [3.63, 3.8) is 0 Å². The first-order valence-corrected chi connectivity index (χ1v) is 11.0. The quantitative estimate of drug-likeness (QED) is 0.251. The first-order chi connectivity index (χ1) is 14.8. The molecule has 0 aliphatic rings. The molecule has 5 nitrogen and oxygen atoms in total. The Kier molecular flexibility index (Phi) is 8.21. The molecule has 31 heavy (non-hydrogen) atoms. The monoisotopic (exact) mass is 539 g/mol. The van der Waals surface area contributed by atoms with E-state index in [4.69, 9.17) is 39.5 Å². The van der Waals surface area contributed by atoms with E-state index in [-0.39, 0.29) is 6.61 Å². The van der Waals surface area contributed by atoms with Gasteiger partial charge in [-0.1, -0.05) is 59.1 Å². The van der Waals surface area contributed by atoms with Gasteiger partial charge in [-0.2, -0.15) is 5.10 Å². The number of hydrazone groups is 1. The Bertz CT molecular complexity index is 1120. The van der Waals surface area contributed by atoms with E-state index < -0.39 is 6.03 Å². The molecule has 3 rings (SSSR count). The molecule has 0 saturated carbocycles. The Hall–Kier alpha value is -2.25. The van der Waals surface area contributed by atoms with Crippen LogP contribution < -0.4 is 15.5 Å². The van der Waals surface area contributed by atoms with Crippen molar-refractivity contribution in [2.24, 2.45) is 5.10 Å². The minimum Gasteiger partial charge on any atom is -0.486 e. The van der Waals surface area contributed by atoms with Gasteiger partial charge in [-0.3, -0.25) is 0 Å². The zero-order valence-corrected chi connectivity index (χ0v) is 20.1. The summed E-state index contributed by atoms with van der Waals surface area (Å²) < 4.78 is 6.46. The third kappa shape index (κ3) is 6.61. The zero-order chi connectivity index (χ0) is 22.4. The van der Waals surface area contributed by atoms with Crippen molar-refractivity contribution in [2.45, 2.75) is 13.5 Å². The highest BCUT2D eigenvalue weighted by Crippen LogP contribution is 2.35. The summed E-state index contributed by atoms with van der Waals surface area (Å²) in [6, 6.07) is 15.7. The summed E-state index contributed by atoms with van der Waals surface area (Å²) in [5, 5.41) is 8.01. The van der Waals surface area contributed by atoms with Crippen LogP contribution in [0.2, 0.25) is 15.1 Å². The zero-order valence-electron chi connectivity index (χ0n) is 16.3. The van der Waals surface area contributed by atoms with Gasteiger partial charge in [0.2, 0.25) is 0 Å². The van der Waals surface area contributed by atoms with Crippen molar-refractivity contribution < 1.29 is 9.53 Å². The number of aryl methyl sites for hydroxylation is 1. The van der Waals surface area contributed by atoms with Crippen LogP contribution in [-0.4, -0.2) is 12.2 Å². The van der Waals surface area contributed by atoms with Crippen LogP contribution in [0.1, 0.15) is 16.7 Å². The number of hydrogen-bond donors (Lipinski definition) is 2. The minimum atomic E-state index is -0.447. The molecule has 9 heteroatoms. The van der Waals surface area contributed by atoms with Crippen LogP contribution in [0, 0.1) is 6.92 Å². The van der Waals surface area contributed by atoms with Crippen molar-refractivity contribution in [1.29, 1.82) is 0 Å². The molecule has 0 bridgehead atoms. The van der Waals surface area contributed by atoms with E-state index in [0.29, 0.717) is 36.5 Å². The third-order valence-electron chi connectivity index (χ3n) is 4.16. The van der Waals surface area contributed by atoms with Crippen molar-refractivity contribution >= 4 is 68.7 Å². The smallest absolute Gasteiger partial charge is 0.339 e. The summed E-state index contributed by atoms with van der Waals surface area (Å²) in [6.07, 6.45) is 1.48. The van der Waals surface area contributed by atoms with Gasteiger partial charge in [0.1, 0.15) is 6.61 Å². The summed E-state index contributed by atoms with van der Waals surface area (Å²) in [5.74, 6) is 0.482. The molecule has 0 aromatic heterocycles. The van der Waals surface area contributed by atoms with E-state index in [9.17, 15) is 4.79 Å². The lowest BCUT2D eigenvalue weighted by molar-refractivity contribution is 0.252. The largest absolute Gasteiger partial charge is 0.486 e. The third-order valence-corrected chi connectivity index (χ3v) is 5.77. The van der Waals surface area contributed by atoms with Gasteiger partial charge in [0.15, 0.2) is 5.75 Å². The fourth-order valence-electron chi connectivity index (χ4n) is 2.61. The van der Waals surface area contributed by atoms with Gasteiger partial charge >= 0.3 is 6.03 Å². The number of carbonyl (C=O) groups is 1. The number of halogens is 4. The van der Waals surface area contributed by atoms with E-state index >= 15 is 0 Å². The predicted molar refractivity (Wildman–Crippen MR) is 131 cm³/mol.